The lowest BCUT2D eigenvalue weighted by Gasteiger charge is -2.18. The summed E-state index contributed by atoms with van der Waals surface area (Å²) in [5.74, 6) is 0. The van der Waals surface area contributed by atoms with E-state index in [2.05, 4.69) is 56.3 Å². The van der Waals surface area contributed by atoms with Crippen LogP contribution >= 0.6 is 11.8 Å². The van der Waals surface area contributed by atoms with Crippen molar-refractivity contribution in [3.63, 3.8) is 0 Å². The van der Waals surface area contributed by atoms with Crippen molar-refractivity contribution in [3.05, 3.63) is 64.7 Å². The molecule has 1 aliphatic rings. The predicted molar refractivity (Wildman–Crippen MR) is 87.4 cm³/mol. The molecule has 2 heteroatoms. The number of hydrogen-bond acceptors (Lipinski definition) is 2. The minimum atomic E-state index is 0.217. The van der Waals surface area contributed by atoms with Crippen LogP contribution in [0.1, 0.15) is 22.3 Å². The number of fused-ring (bicyclic) bond motifs is 1. The van der Waals surface area contributed by atoms with Crippen LogP contribution in [0.4, 0.5) is 0 Å². The highest BCUT2D eigenvalue weighted by Gasteiger charge is 2.27. The number of nitrogens with two attached hydrogens (primary N) is 1. The van der Waals surface area contributed by atoms with Gasteiger partial charge in [-0.05, 0) is 55.0 Å². The van der Waals surface area contributed by atoms with Crippen molar-refractivity contribution in [2.75, 3.05) is 0 Å². The first-order valence-corrected chi connectivity index (χ1v) is 8.08. The van der Waals surface area contributed by atoms with E-state index in [4.69, 9.17) is 5.73 Å². The smallest absolute Gasteiger partial charge is 0.0290 e. The third-order valence-corrected chi connectivity index (χ3v) is 5.66. The summed E-state index contributed by atoms with van der Waals surface area (Å²) in [4.78, 5) is 1.41. The van der Waals surface area contributed by atoms with Gasteiger partial charge in [-0.25, -0.2) is 0 Å². The summed E-state index contributed by atoms with van der Waals surface area (Å²) >= 11 is 1.95. The zero-order valence-electron chi connectivity index (χ0n) is 12.1. The lowest BCUT2D eigenvalue weighted by molar-refractivity contribution is 0.632. The number of thioether (sulfide) groups is 1. The van der Waals surface area contributed by atoms with Crippen LogP contribution in [-0.4, -0.2) is 11.3 Å². The standard InChI is InChI=1S/C18H21NS/c1-12-7-8-14(9-13(12)2)10-16(19)18-11-15-5-3-4-6-17(15)20-18/h3-9,16,18H,10-11,19H2,1-2H3. The Bertz CT molecular complexity index is 596. The maximum absolute atomic E-state index is 6.46. The topological polar surface area (TPSA) is 26.0 Å². The normalized spacial score (nSPS) is 18.9. The van der Waals surface area contributed by atoms with Crippen LogP contribution in [-0.2, 0) is 12.8 Å². The molecule has 0 aliphatic carbocycles. The second-order valence-electron chi connectivity index (χ2n) is 5.75. The van der Waals surface area contributed by atoms with Crippen LogP contribution < -0.4 is 5.73 Å². The van der Waals surface area contributed by atoms with E-state index in [0.717, 1.165) is 12.8 Å². The van der Waals surface area contributed by atoms with Crippen molar-refractivity contribution in [1.82, 2.24) is 0 Å². The molecule has 2 unspecified atom stereocenters. The zero-order chi connectivity index (χ0) is 14.1. The van der Waals surface area contributed by atoms with Crippen molar-refractivity contribution in [3.8, 4) is 0 Å². The molecule has 0 radical (unpaired) electrons. The highest BCUT2D eigenvalue weighted by atomic mass is 32.2. The van der Waals surface area contributed by atoms with Crippen molar-refractivity contribution in [2.45, 2.75) is 42.9 Å². The van der Waals surface area contributed by atoms with E-state index in [0.29, 0.717) is 5.25 Å². The van der Waals surface area contributed by atoms with Crippen molar-refractivity contribution in [1.29, 1.82) is 0 Å². The molecule has 20 heavy (non-hydrogen) atoms. The van der Waals surface area contributed by atoms with Gasteiger partial charge in [0.25, 0.3) is 0 Å². The van der Waals surface area contributed by atoms with E-state index in [-0.39, 0.29) is 6.04 Å². The van der Waals surface area contributed by atoms with Gasteiger partial charge in [-0.1, -0.05) is 36.4 Å². The van der Waals surface area contributed by atoms with Gasteiger partial charge >= 0.3 is 0 Å². The summed E-state index contributed by atoms with van der Waals surface area (Å²) < 4.78 is 0. The average molecular weight is 283 g/mol. The highest BCUT2D eigenvalue weighted by molar-refractivity contribution is 8.00. The third kappa shape index (κ3) is 2.77. The first kappa shape index (κ1) is 13.7. The van der Waals surface area contributed by atoms with Gasteiger partial charge in [0.2, 0.25) is 0 Å². The minimum absolute atomic E-state index is 0.217. The molecule has 0 fully saturated rings. The van der Waals surface area contributed by atoms with Crippen LogP contribution in [0.5, 0.6) is 0 Å². The lowest BCUT2D eigenvalue weighted by atomic mass is 9.97. The van der Waals surface area contributed by atoms with Crippen LogP contribution in [0.15, 0.2) is 47.4 Å². The van der Waals surface area contributed by atoms with Gasteiger partial charge < -0.3 is 5.73 Å². The zero-order valence-corrected chi connectivity index (χ0v) is 12.9. The second-order valence-corrected chi connectivity index (χ2v) is 7.04. The maximum atomic E-state index is 6.46. The molecule has 2 atom stereocenters. The summed E-state index contributed by atoms with van der Waals surface area (Å²) in [5, 5.41) is 0.508. The fourth-order valence-electron chi connectivity index (χ4n) is 2.78. The molecular formula is C18H21NS. The molecule has 2 N–H and O–H groups in total. The number of aryl methyl sites for hydroxylation is 2. The maximum Gasteiger partial charge on any atom is 0.0290 e. The number of benzene rings is 2. The van der Waals surface area contributed by atoms with Gasteiger partial charge in [-0.2, -0.15) is 0 Å². The highest BCUT2D eigenvalue weighted by Crippen LogP contribution is 2.38. The number of rotatable bonds is 3. The van der Waals surface area contributed by atoms with Crippen LogP contribution in [0.3, 0.4) is 0 Å². The van der Waals surface area contributed by atoms with E-state index >= 15 is 0 Å². The number of hydrogen-bond donors (Lipinski definition) is 1. The van der Waals surface area contributed by atoms with Crippen LogP contribution in [0, 0.1) is 13.8 Å². The molecule has 2 aromatic rings. The fourth-order valence-corrected chi connectivity index (χ4v) is 4.10. The molecule has 104 valence electrons. The average Bonchev–Trinajstić information content (AvgIpc) is 2.87. The molecule has 0 saturated carbocycles. The molecule has 2 aromatic carbocycles. The quantitative estimate of drug-likeness (QED) is 0.925. The summed E-state index contributed by atoms with van der Waals surface area (Å²) in [5.41, 5.74) is 12.0. The Balaban J connectivity index is 1.69. The SMILES string of the molecule is Cc1ccc(CC(N)C2Cc3ccccc3S2)cc1C. The fraction of sp³-hybridized carbons (Fsp3) is 0.333. The lowest BCUT2D eigenvalue weighted by Crippen LogP contribution is -2.34. The van der Waals surface area contributed by atoms with Gasteiger partial charge in [-0.15, -0.1) is 11.8 Å². The largest absolute Gasteiger partial charge is 0.326 e. The molecule has 0 spiro atoms. The minimum Gasteiger partial charge on any atom is -0.326 e. The Kier molecular flexibility index (Phi) is 3.86. The van der Waals surface area contributed by atoms with Crippen molar-refractivity contribution < 1.29 is 0 Å². The molecule has 3 rings (SSSR count). The Labute approximate surface area is 125 Å². The molecule has 0 aromatic heterocycles. The van der Waals surface area contributed by atoms with E-state index in [9.17, 15) is 0 Å². The summed E-state index contributed by atoms with van der Waals surface area (Å²) in [7, 11) is 0. The molecule has 0 saturated heterocycles. The van der Waals surface area contributed by atoms with Gasteiger partial charge in [-0.3, -0.25) is 0 Å². The second kappa shape index (κ2) is 5.63. The summed E-state index contributed by atoms with van der Waals surface area (Å²) in [6, 6.07) is 15.6. The monoisotopic (exact) mass is 283 g/mol. The Morgan fingerprint density at radius 1 is 1.15 bits per heavy atom. The van der Waals surface area contributed by atoms with Gasteiger partial charge in [0.1, 0.15) is 0 Å². The molecule has 0 bridgehead atoms. The van der Waals surface area contributed by atoms with Crippen molar-refractivity contribution in [2.24, 2.45) is 5.73 Å². The first-order valence-electron chi connectivity index (χ1n) is 7.20. The Hall–Kier alpha value is -1.25. The summed E-state index contributed by atoms with van der Waals surface area (Å²) in [6.45, 7) is 4.33. The Morgan fingerprint density at radius 2 is 1.95 bits per heavy atom. The van der Waals surface area contributed by atoms with Crippen LogP contribution in [0.2, 0.25) is 0 Å². The molecule has 1 nitrogen and oxygen atoms in total. The predicted octanol–water partition coefficient (Wildman–Crippen LogP) is 3.89. The van der Waals surface area contributed by atoms with E-state index in [1.54, 1.807) is 0 Å². The molecule has 1 aliphatic heterocycles. The molecule has 0 amide bonds. The van der Waals surface area contributed by atoms with Gasteiger partial charge in [0.05, 0.1) is 0 Å². The van der Waals surface area contributed by atoms with Gasteiger partial charge in [0, 0.05) is 16.2 Å². The van der Waals surface area contributed by atoms with Crippen LogP contribution in [0.25, 0.3) is 0 Å². The van der Waals surface area contributed by atoms with E-state index < -0.39 is 0 Å². The molecular weight excluding hydrogens is 262 g/mol. The Morgan fingerprint density at radius 3 is 2.70 bits per heavy atom. The third-order valence-electron chi connectivity index (χ3n) is 4.19. The van der Waals surface area contributed by atoms with Gasteiger partial charge in [0.15, 0.2) is 0 Å². The van der Waals surface area contributed by atoms with E-state index in [1.807, 2.05) is 11.8 Å². The summed E-state index contributed by atoms with van der Waals surface area (Å²) in [6.07, 6.45) is 2.07. The van der Waals surface area contributed by atoms with E-state index in [1.165, 1.54) is 27.1 Å². The van der Waals surface area contributed by atoms with Crippen molar-refractivity contribution >= 4 is 11.8 Å². The first-order chi connectivity index (χ1) is 9.63. The molecule has 1 heterocycles.